The highest BCUT2D eigenvalue weighted by Crippen LogP contribution is 2.39. The molecule has 2 heterocycles. The van der Waals surface area contributed by atoms with Gasteiger partial charge >= 0.3 is 0 Å². The van der Waals surface area contributed by atoms with Crippen LogP contribution in [0.15, 0.2) is 52.5 Å². The fraction of sp³-hybridized carbons (Fsp3) is 0.278. The van der Waals surface area contributed by atoms with Gasteiger partial charge in [0, 0.05) is 17.1 Å². The minimum Gasteiger partial charge on any atom is -0.352 e. The third-order valence-electron chi connectivity index (χ3n) is 3.93. The third-order valence-corrected chi connectivity index (χ3v) is 5.01. The zero-order valence-corrected chi connectivity index (χ0v) is 14.5. The SMILES string of the molecule is CCC(C)NC(=O)CN1C(=O)c2cccnc2Sc2ccccc21. The van der Waals surface area contributed by atoms with Crippen LogP contribution in [0.5, 0.6) is 0 Å². The Morgan fingerprint density at radius 1 is 1.29 bits per heavy atom. The molecule has 1 aromatic heterocycles. The van der Waals surface area contributed by atoms with Gasteiger partial charge in [-0.15, -0.1) is 0 Å². The minimum atomic E-state index is -0.199. The lowest BCUT2D eigenvalue weighted by Gasteiger charge is -2.23. The van der Waals surface area contributed by atoms with Crippen molar-refractivity contribution in [3.8, 4) is 0 Å². The summed E-state index contributed by atoms with van der Waals surface area (Å²) in [6.45, 7) is 3.95. The van der Waals surface area contributed by atoms with E-state index in [0.717, 1.165) is 17.0 Å². The maximum absolute atomic E-state index is 13.0. The molecule has 0 radical (unpaired) electrons. The molecule has 1 unspecified atom stereocenters. The zero-order chi connectivity index (χ0) is 17.1. The van der Waals surface area contributed by atoms with Crippen LogP contribution in [0.2, 0.25) is 0 Å². The molecule has 1 aliphatic heterocycles. The summed E-state index contributed by atoms with van der Waals surface area (Å²) in [6.07, 6.45) is 2.52. The molecule has 24 heavy (non-hydrogen) atoms. The lowest BCUT2D eigenvalue weighted by atomic mass is 10.2. The van der Waals surface area contributed by atoms with E-state index in [-0.39, 0.29) is 24.4 Å². The van der Waals surface area contributed by atoms with Crippen LogP contribution in [0.25, 0.3) is 0 Å². The van der Waals surface area contributed by atoms with Gasteiger partial charge in [0.1, 0.15) is 11.6 Å². The number of nitrogens with one attached hydrogen (secondary N) is 1. The maximum atomic E-state index is 13.0. The number of benzene rings is 1. The first kappa shape index (κ1) is 16.5. The number of anilines is 1. The van der Waals surface area contributed by atoms with Crippen LogP contribution < -0.4 is 10.2 Å². The van der Waals surface area contributed by atoms with Crippen molar-refractivity contribution in [2.45, 2.75) is 36.2 Å². The van der Waals surface area contributed by atoms with Gasteiger partial charge in [0.05, 0.1) is 11.3 Å². The van der Waals surface area contributed by atoms with Crippen molar-refractivity contribution in [1.29, 1.82) is 0 Å². The smallest absolute Gasteiger partial charge is 0.261 e. The molecular weight excluding hydrogens is 322 g/mol. The van der Waals surface area contributed by atoms with E-state index in [4.69, 9.17) is 0 Å². The summed E-state index contributed by atoms with van der Waals surface area (Å²) in [7, 11) is 0. The van der Waals surface area contributed by atoms with Crippen LogP contribution in [0, 0.1) is 0 Å². The molecular formula is C18H19N3O2S. The fourth-order valence-electron chi connectivity index (χ4n) is 2.48. The molecule has 0 aliphatic carbocycles. The number of amides is 2. The van der Waals surface area contributed by atoms with Crippen LogP contribution in [-0.2, 0) is 4.79 Å². The topological polar surface area (TPSA) is 62.3 Å². The van der Waals surface area contributed by atoms with Gasteiger partial charge in [-0.1, -0.05) is 30.8 Å². The lowest BCUT2D eigenvalue weighted by Crippen LogP contribution is -2.43. The number of fused-ring (bicyclic) bond motifs is 2. The highest BCUT2D eigenvalue weighted by Gasteiger charge is 2.29. The highest BCUT2D eigenvalue weighted by molar-refractivity contribution is 7.99. The predicted molar refractivity (Wildman–Crippen MR) is 94.4 cm³/mol. The number of rotatable bonds is 4. The Morgan fingerprint density at radius 3 is 2.88 bits per heavy atom. The van der Waals surface area contributed by atoms with Crippen LogP contribution >= 0.6 is 11.8 Å². The Kier molecular flexibility index (Phi) is 4.85. The second-order valence-electron chi connectivity index (χ2n) is 5.69. The largest absolute Gasteiger partial charge is 0.352 e. The van der Waals surface area contributed by atoms with Crippen LogP contribution in [0.3, 0.4) is 0 Å². The summed E-state index contributed by atoms with van der Waals surface area (Å²) in [4.78, 5) is 32.1. The molecule has 0 bridgehead atoms. The van der Waals surface area contributed by atoms with E-state index in [1.165, 1.54) is 16.7 Å². The summed E-state index contributed by atoms with van der Waals surface area (Å²) in [5.41, 5.74) is 1.26. The Morgan fingerprint density at radius 2 is 2.08 bits per heavy atom. The highest BCUT2D eigenvalue weighted by atomic mass is 32.2. The van der Waals surface area contributed by atoms with E-state index in [1.807, 2.05) is 38.1 Å². The molecule has 6 heteroatoms. The maximum Gasteiger partial charge on any atom is 0.261 e. The number of carbonyl (C=O) groups excluding carboxylic acids is 2. The van der Waals surface area contributed by atoms with E-state index in [2.05, 4.69) is 10.3 Å². The van der Waals surface area contributed by atoms with E-state index in [9.17, 15) is 9.59 Å². The predicted octanol–water partition coefficient (Wildman–Crippen LogP) is 3.11. The van der Waals surface area contributed by atoms with Crippen molar-refractivity contribution < 1.29 is 9.59 Å². The molecule has 3 rings (SSSR count). The van der Waals surface area contributed by atoms with E-state index >= 15 is 0 Å². The van der Waals surface area contributed by atoms with Crippen LogP contribution in [0.1, 0.15) is 30.6 Å². The van der Waals surface area contributed by atoms with E-state index < -0.39 is 0 Å². The fourth-order valence-corrected chi connectivity index (χ4v) is 3.50. The second-order valence-corrected chi connectivity index (χ2v) is 6.72. The molecule has 0 fully saturated rings. The van der Waals surface area contributed by atoms with Crippen molar-refractivity contribution in [3.05, 3.63) is 48.2 Å². The van der Waals surface area contributed by atoms with Gasteiger partial charge in [-0.05, 0) is 37.6 Å². The standard InChI is InChI=1S/C18H19N3O2S/c1-3-12(2)20-16(22)11-21-14-8-4-5-9-15(14)24-17-13(18(21)23)7-6-10-19-17/h4-10,12H,3,11H2,1-2H3,(H,20,22). The van der Waals surface area contributed by atoms with Crippen molar-refractivity contribution >= 4 is 29.3 Å². The molecule has 2 aromatic rings. The monoisotopic (exact) mass is 341 g/mol. The van der Waals surface area contributed by atoms with Crippen LogP contribution in [-0.4, -0.2) is 29.4 Å². The summed E-state index contributed by atoms with van der Waals surface area (Å²) < 4.78 is 0. The number of pyridine rings is 1. The molecule has 0 saturated heterocycles. The Bertz CT molecular complexity index is 778. The van der Waals surface area contributed by atoms with Crippen molar-refractivity contribution in [2.24, 2.45) is 0 Å². The summed E-state index contributed by atoms with van der Waals surface area (Å²) >= 11 is 1.45. The molecule has 1 aromatic carbocycles. The minimum absolute atomic E-state index is 0.00488. The molecule has 1 aliphatic rings. The van der Waals surface area contributed by atoms with Crippen molar-refractivity contribution in [3.63, 3.8) is 0 Å². The van der Waals surface area contributed by atoms with E-state index in [0.29, 0.717) is 10.6 Å². The van der Waals surface area contributed by atoms with Crippen LogP contribution in [0.4, 0.5) is 5.69 Å². The first-order chi connectivity index (χ1) is 11.6. The van der Waals surface area contributed by atoms with Gasteiger partial charge in [0.25, 0.3) is 5.91 Å². The molecule has 0 saturated carbocycles. The molecule has 2 amide bonds. The number of hydrogen-bond acceptors (Lipinski definition) is 4. The Labute approximate surface area is 145 Å². The summed E-state index contributed by atoms with van der Waals surface area (Å²) in [5.74, 6) is -0.361. The normalized spacial score (nSPS) is 14.4. The molecule has 1 N–H and O–H groups in total. The van der Waals surface area contributed by atoms with Gasteiger partial charge in [0.2, 0.25) is 5.91 Å². The zero-order valence-electron chi connectivity index (χ0n) is 13.7. The number of nitrogens with zero attached hydrogens (tertiary/aromatic N) is 2. The van der Waals surface area contributed by atoms with Gasteiger partial charge < -0.3 is 5.32 Å². The molecule has 124 valence electrons. The average Bonchev–Trinajstić information content (AvgIpc) is 2.70. The second kappa shape index (κ2) is 7.05. The first-order valence-electron chi connectivity index (χ1n) is 7.93. The molecule has 0 spiro atoms. The molecule has 5 nitrogen and oxygen atoms in total. The number of para-hydroxylation sites is 1. The van der Waals surface area contributed by atoms with Crippen molar-refractivity contribution in [1.82, 2.24) is 10.3 Å². The van der Waals surface area contributed by atoms with Gasteiger partial charge in [-0.3, -0.25) is 14.5 Å². The van der Waals surface area contributed by atoms with Crippen molar-refractivity contribution in [2.75, 3.05) is 11.4 Å². The average molecular weight is 341 g/mol. The number of aromatic nitrogens is 1. The third kappa shape index (κ3) is 3.28. The quantitative estimate of drug-likeness (QED) is 0.928. The first-order valence-corrected chi connectivity index (χ1v) is 8.75. The molecule has 1 atom stereocenters. The van der Waals surface area contributed by atoms with Gasteiger partial charge in [-0.25, -0.2) is 4.98 Å². The Balaban J connectivity index is 1.97. The van der Waals surface area contributed by atoms with Gasteiger partial charge in [-0.2, -0.15) is 0 Å². The summed E-state index contributed by atoms with van der Waals surface area (Å²) in [6, 6.07) is 11.2. The summed E-state index contributed by atoms with van der Waals surface area (Å²) in [5, 5.41) is 3.58. The van der Waals surface area contributed by atoms with E-state index in [1.54, 1.807) is 18.3 Å². The number of carbonyl (C=O) groups is 2. The van der Waals surface area contributed by atoms with Gasteiger partial charge in [0.15, 0.2) is 0 Å². The number of hydrogen-bond donors (Lipinski definition) is 1. The lowest BCUT2D eigenvalue weighted by molar-refractivity contribution is -0.120. The Hall–Kier alpha value is -2.34.